The van der Waals surface area contributed by atoms with Gasteiger partial charge in [-0.05, 0) is 42.9 Å². The number of carbonyl (C=O) groups excluding carboxylic acids is 2. The molecule has 25 heavy (non-hydrogen) atoms. The van der Waals surface area contributed by atoms with E-state index in [1.54, 1.807) is 13.0 Å². The first-order chi connectivity index (χ1) is 11.6. The Morgan fingerprint density at radius 2 is 2.16 bits per heavy atom. The van der Waals surface area contributed by atoms with Crippen molar-refractivity contribution < 1.29 is 9.59 Å². The van der Waals surface area contributed by atoms with Crippen LogP contribution >= 0.6 is 0 Å². The van der Waals surface area contributed by atoms with Gasteiger partial charge in [0.15, 0.2) is 0 Å². The van der Waals surface area contributed by atoms with Gasteiger partial charge >= 0.3 is 6.03 Å². The van der Waals surface area contributed by atoms with E-state index in [-0.39, 0.29) is 28.3 Å². The number of nitrogens with one attached hydrogen (secondary N) is 3. The lowest BCUT2D eigenvalue weighted by atomic mass is 9.60. The lowest BCUT2D eigenvalue weighted by Crippen LogP contribution is -2.44. The van der Waals surface area contributed by atoms with Crippen molar-refractivity contribution in [2.24, 2.45) is 16.7 Å². The van der Waals surface area contributed by atoms with Gasteiger partial charge in [-0.2, -0.15) is 0 Å². The highest BCUT2D eigenvalue weighted by Crippen LogP contribution is 2.48. The third-order valence-electron chi connectivity index (χ3n) is 4.56. The molecule has 0 aliphatic heterocycles. The summed E-state index contributed by atoms with van der Waals surface area (Å²) in [4.78, 5) is 40.8. The van der Waals surface area contributed by atoms with Gasteiger partial charge in [-0.25, -0.2) is 14.6 Å². The molecule has 0 spiro atoms. The standard InChI is InChI=1S/C18H26N4O3/c1-12-7-14(24)21-15(20-12)22-16(25)19-11-18(4)9-13(5-6-23)8-17(2,3)10-18/h5,7,13H,8-11H2,1-4H3,(H3,19,20,21,22,24,25). The third kappa shape index (κ3) is 5.57. The van der Waals surface area contributed by atoms with Crippen LogP contribution in [-0.4, -0.2) is 28.5 Å². The van der Waals surface area contributed by atoms with Gasteiger partial charge in [0, 0.05) is 24.4 Å². The van der Waals surface area contributed by atoms with Crippen molar-refractivity contribution in [2.75, 3.05) is 11.9 Å². The zero-order chi connectivity index (χ0) is 18.7. The molecule has 0 radical (unpaired) electrons. The second-order valence-electron chi connectivity index (χ2n) is 8.15. The molecular formula is C18H26N4O3. The van der Waals surface area contributed by atoms with Gasteiger partial charge in [-0.1, -0.05) is 20.8 Å². The first-order valence-corrected chi connectivity index (χ1v) is 8.45. The molecule has 1 aliphatic carbocycles. The molecule has 7 heteroatoms. The molecule has 7 nitrogen and oxygen atoms in total. The van der Waals surface area contributed by atoms with Gasteiger partial charge in [-0.3, -0.25) is 15.1 Å². The van der Waals surface area contributed by atoms with Crippen molar-refractivity contribution in [1.29, 1.82) is 0 Å². The Morgan fingerprint density at radius 1 is 1.44 bits per heavy atom. The van der Waals surface area contributed by atoms with Gasteiger partial charge < -0.3 is 5.32 Å². The van der Waals surface area contributed by atoms with E-state index in [0.717, 1.165) is 19.3 Å². The predicted octanol–water partition coefficient (Wildman–Crippen LogP) is 2.42. The number of rotatable bonds is 4. The number of H-pyrrole nitrogens is 1. The molecule has 1 heterocycles. The Hall–Kier alpha value is -2.40. The van der Waals surface area contributed by atoms with Crippen LogP contribution in [0.4, 0.5) is 10.7 Å². The molecule has 0 saturated heterocycles. The average Bonchev–Trinajstić information content (AvgIpc) is 2.42. The van der Waals surface area contributed by atoms with E-state index in [2.05, 4.69) is 41.4 Å². The monoisotopic (exact) mass is 346 g/mol. The number of aryl methyl sites for hydroxylation is 1. The zero-order valence-electron chi connectivity index (χ0n) is 15.2. The maximum Gasteiger partial charge on any atom is 0.321 e. The second kappa shape index (κ2) is 7.23. The van der Waals surface area contributed by atoms with Gasteiger partial charge in [0.2, 0.25) is 5.95 Å². The van der Waals surface area contributed by atoms with Crippen LogP contribution in [0.1, 0.15) is 45.7 Å². The van der Waals surface area contributed by atoms with Crippen molar-refractivity contribution in [3.05, 3.63) is 28.2 Å². The molecule has 1 fully saturated rings. The maximum atomic E-state index is 12.1. The molecule has 1 aromatic rings. The van der Waals surface area contributed by atoms with Crippen LogP contribution in [0.25, 0.3) is 0 Å². The highest BCUT2D eigenvalue weighted by Gasteiger charge is 2.40. The van der Waals surface area contributed by atoms with Crippen LogP contribution in [0.2, 0.25) is 0 Å². The Kier molecular flexibility index (Phi) is 5.48. The molecule has 0 bridgehead atoms. The van der Waals surface area contributed by atoms with Crippen molar-refractivity contribution in [1.82, 2.24) is 15.3 Å². The van der Waals surface area contributed by atoms with E-state index in [1.165, 1.54) is 6.07 Å². The highest BCUT2D eigenvalue weighted by molar-refractivity contribution is 5.87. The fourth-order valence-electron chi connectivity index (χ4n) is 4.15. The Bertz CT molecular complexity index is 749. The minimum absolute atomic E-state index is 0.0898. The van der Waals surface area contributed by atoms with Crippen LogP contribution < -0.4 is 16.2 Å². The Morgan fingerprint density at radius 3 is 2.80 bits per heavy atom. The number of aromatic amines is 1. The topological polar surface area (TPSA) is 104 Å². The van der Waals surface area contributed by atoms with E-state index in [9.17, 15) is 14.4 Å². The Labute approximate surface area is 147 Å². The second-order valence-corrected chi connectivity index (χ2v) is 8.15. The number of hydrogen-bond donors (Lipinski definition) is 3. The molecule has 1 aromatic heterocycles. The van der Waals surface area contributed by atoms with Gasteiger partial charge in [0.1, 0.15) is 5.94 Å². The molecule has 2 unspecified atom stereocenters. The molecule has 1 aliphatic rings. The summed E-state index contributed by atoms with van der Waals surface area (Å²) >= 11 is 0. The Balaban J connectivity index is 1.99. The molecule has 1 saturated carbocycles. The smallest absolute Gasteiger partial charge is 0.321 e. The van der Waals surface area contributed by atoms with Crippen LogP contribution in [0, 0.1) is 23.7 Å². The molecular weight excluding hydrogens is 320 g/mol. The van der Waals surface area contributed by atoms with Crippen molar-refractivity contribution in [3.8, 4) is 0 Å². The number of aromatic nitrogens is 2. The van der Waals surface area contributed by atoms with E-state index in [0.29, 0.717) is 12.2 Å². The maximum absolute atomic E-state index is 12.1. The molecule has 3 N–H and O–H groups in total. The highest BCUT2D eigenvalue weighted by atomic mass is 16.2. The van der Waals surface area contributed by atoms with E-state index < -0.39 is 6.03 Å². The van der Waals surface area contributed by atoms with Crippen LogP contribution in [-0.2, 0) is 4.79 Å². The summed E-state index contributed by atoms with van der Waals surface area (Å²) in [5.41, 5.74) is 0.188. The number of amides is 2. The first-order valence-electron chi connectivity index (χ1n) is 8.45. The van der Waals surface area contributed by atoms with Crippen LogP contribution in [0.5, 0.6) is 0 Å². The largest absolute Gasteiger partial charge is 0.337 e. The summed E-state index contributed by atoms with van der Waals surface area (Å²) in [5, 5.41) is 5.41. The predicted molar refractivity (Wildman–Crippen MR) is 96.1 cm³/mol. The molecule has 2 atom stereocenters. The summed E-state index contributed by atoms with van der Waals surface area (Å²) in [6.07, 6.45) is 4.31. The average molecular weight is 346 g/mol. The quantitative estimate of drug-likeness (QED) is 0.728. The zero-order valence-corrected chi connectivity index (χ0v) is 15.2. The van der Waals surface area contributed by atoms with Crippen LogP contribution in [0.3, 0.4) is 0 Å². The minimum atomic E-state index is -0.416. The van der Waals surface area contributed by atoms with Crippen molar-refractivity contribution in [3.63, 3.8) is 0 Å². The molecule has 2 rings (SSSR count). The van der Waals surface area contributed by atoms with Gasteiger partial charge in [-0.15, -0.1) is 0 Å². The molecule has 2 amide bonds. The summed E-state index contributed by atoms with van der Waals surface area (Å²) < 4.78 is 0. The molecule has 0 aromatic carbocycles. The lowest BCUT2D eigenvalue weighted by Gasteiger charge is -2.45. The summed E-state index contributed by atoms with van der Waals surface area (Å²) in [5.74, 6) is 2.20. The fourth-order valence-corrected chi connectivity index (χ4v) is 4.15. The van der Waals surface area contributed by atoms with Gasteiger partial charge in [0.25, 0.3) is 5.56 Å². The summed E-state index contributed by atoms with van der Waals surface area (Å²) in [7, 11) is 0. The minimum Gasteiger partial charge on any atom is -0.337 e. The third-order valence-corrected chi connectivity index (χ3v) is 4.56. The lowest BCUT2D eigenvalue weighted by molar-refractivity contribution is 0.0732. The van der Waals surface area contributed by atoms with Crippen molar-refractivity contribution in [2.45, 2.75) is 47.0 Å². The van der Waals surface area contributed by atoms with Crippen LogP contribution in [0.15, 0.2) is 16.9 Å². The van der Waals surface area contributed by atoms with E-state index in [1.807, 2.05) is 5.94 Å². The number of hydrogen-bond acceptors (Lipinski definition) is 4. The fraction of sp³-hybridized carbons (Fsp3) is 0.611. The number of urea groups is 1. The van der Waals surface area contributed by atoms with Gasteiger partial charge in [0.05, 0.1) is 0 Å². The number of carbonyl (C=O) groups is 1. The van der Waals surface area contributed by atoms with E-state index in [4.69, 9.17) is 0 Å². The van der Waals surface area contributed by atoms with Crippen molar-refractivity contribution >= 4 is 17.9 Å². The first kappa shape index (κ1) is 18.9. The summed E-state index contributed by atoms with van der Waals surface area (Å²) in [6, 6.07) is 0.940. The SMILES string of the molecule is Cc1cc(=O)[nH]c(NC(=O)NCC2(C)CC(C=C=O)CC(C)(C)C2)n1. The number of allylic oxidation sites excluding steroid dienone is 1. The molecule has 136 valence electrons. The number of anilines is 1. The number of nitrogens with zero attached hydrogens (tertiary/aromatic N) is 1. The summed E-state index contributed by atoms with van der Waals surface area (Å²) in [6.45, 7) is 8.63. The normalized spacial score (nSPS) is 24.9. The van der Waals surface area contributed by atoms with E-state index >= 15 is 0 Å².